The number of hydrogen-bond acceptors (Lipinski definition) is 2. The van der Waals surface area contributed by atoms with Crippen molar-refractivity contribution in [1.29, 1.82) is 0 Å². The van der Waals surface area contributed by atoms with Crippen LogP contribution in [0.25, 0.3) is 82.5 Å². The summed E-state index contributed by atoms with van der Waals surface area (Å²) in [6.45, 7) is 0. The van der Waals surface area contributed by atoms with Gasteiger partial charge < -0.3 is 13.9 Å². The third-order valence-corrected chi connectivity index (χ3v) is 11.0. The van der Waals surface area contributed by atoms with Gasteiger partial charge >= 0.3 is 0 Å². The molecule has 11 aromatic rings. The van der Waals surface area contributed by atoms with Crippen LogP contribution in [0.15, 0.2) is 211 Å². The van der Waals surface area contributed by atoms with E-state index in [-0.39, 0.29) is 0 Å². The zero-order valence-corrected chi connectivity index (χ0v) is 29.9. The smallest absolute Gasteiger partial charge is 0.136 e. The molecule has 0 N–H and O–H groups in total. The molecule has 0 amide bonds. The molecule has 0 aliphatic rings. The van der Waals surface area contributed by atoms with Crippen molar-refractivity contribution in [2.75, 3.05) is 4.90 Å². The zero-order chi connectivity index (χ0) is 36.3. The third kappa shape index (κ3) is 5.13. The molecule has 0 fully saturated rings. The predicted molar refractivity (Wildman–Crippen MR) is 231 cm³/mol. The number of aromatic nitrogens is 1. The average Bonchev–Trinajstić information content (AvgIpc) is 3.80. The maximum Gasteiger partial charge on any atom is 0.136 e. The van der Waals surface area contributed by atoms with Gasteiger partial charge in [-0.05, 0) is 94.2 Å². The second-order valence-corrected chi connectivity index (χ2v) is 14.1. The fourth-order valence-electron chi connectivity index (χ4n) is 8.47. The summed E-state index contributed by atoms with van der Waals surface area (Å²) in [4.78, 5) is 2.39. The monoisotopic (exact) mass is 702 g/mol. The summed E-state index contributed by atoms with van der Waals surface area (Å²) in [6.07, 6.45) is 0. The fourth-order valence-corrected chi connectivity index (χ4v) is 8.47. The minimum atomic E-state index is 0.882. The van der Waals surface area contributed by atoms with E-state index in [0.29, 0.717) is 0 Å². The number of para-hydroxylation sites is 4. The van der Waals surface area contributed by atoms with E-state index in [4.69, 9.17) is 4.42 Å². The molecule has 2 heterocycles. The number of furan rings is 1. The van der Waals surface area contributed by atoms with Crippen LogP contribution in [0.3, 0.4) is 0 Å². The highest BCUT2D eigenvalue weighted by Crippen LogP contribution is 2.44. The summed E-state index contributed by atoms with van der Waals surface area (Å²) in [5.74, 6) is 0. The van der Waals surface area contributed by atoms with E-state index < -0.39 is 0 Å². The van der Waals surface area contributed by atoms with Crippen LogP contribution in [0.5, 0.6) is 0 Å². The number of nitrogens with zero attached hydrogens (tertiary/aromatic N) is 2. The molecule has 0 bridgehead atoms. The first kappa shape index (κ1) is 31.2. The van der Waals surface area contributed by atoms with Crippen molar-refractivity contribution in [2.45, 2.75) is 0 Å². The molecule has 0 radical (unpaired) electrons. The van der Waals surface area contributed by atoms with Gasteiger partial charge in [0, 0.05) is 44.2 Å². The Hall–Kier alpha value is -7.36. The molecule has 55 heavy (non-hydrogen) atoms. The van der Waals surface area contributed by atoms with Crippen molar-refractivity contribution in [3.8, 4) is 27.9 Å². The second kappa shape index (κ2) is 12.6. The molecule has 3 nitrogen and oxygen atoms in total. The molecule has 9 aromatic carbocycles. The zero-order valence-electron chi connectivity index (χ0n) is 29.9. The Balaban J connectivity index is 1.11. The maximum absolute atomic E-state index is 6.38. The van der Waals surface area contributed by atoms with Gasteiger partial charge in [0.05, 0.1) is 16.7 Å². The first-order chi connectivity index (χ1) is 27.3. The van der Waals surface area contributed by atoms with Gasteiger partial charge in [-0.15, -0.1) is 0 Å². The molecule has 0 saturated heterocycles. The van der Waals surface area contributed by atoms with Gasteiger partial charge in [-0.2, -0.15) is 0 Å². The molecular weight excluding hydrogens is 669 g/mol. The molecule has 0 unspecified atom stereocenters. The highest BCUT2D eigenvalue weighted by Gasteiger charge is 2.20. The highest BCUT2D eigenvalue weighted by atomic mass is 16.3. The van der Waals surface area contributed by atoms with E-state index in [0.717, 1.165) is 55.8 Å². The molecule has 0 saturated carbocycles. The summed E-state index contributed by atoms with van der Waals surface area (Å²) in [5, 5.41) is 7.23. The molecular formula is C52H34N2O. The van der Waals surface area contributed by atoms with E-state index in [2.05, 4.69) is 204 Å². The van der Waals surface area contributed by atoms with E-state index in [1.165, 1.54) is 43.7 Å². The molecule has 0 aliphatic heterocycles. The van der Waals surface area contributed by atoms with E-state index in [9.17, 15) is 0 Å². The van der Waals surface area contributed by atoms with E-state index >= 15 is 0 Å². The number of hydrogen-bond donors (Lipinski definition) is 0. The van der Waals surface area contributed by atoms with Gasteiger partial charge in [-0.3, -0.25) is 0 Å². The fraction of sp³-hybridized carbons (Fsp3) is 0. The van der Waals surface area contributed by atoms with Crippen molar-refractivity contribution >= 4 is 71.6 Å². The SMILES string of the molecule is c1cc(N(c2ccc(-c3cccc4ccccc34)cc2)c2ccccc2-c2ccc3c(c2)oc2ccccc23)cc(-n2c3ccccc3c3ccccc32)c1. The lowest BCUT2D eigenvalue weighted by Crippen LogP contribution is -2.11. The van der Waals surface area contributed by atoms with Crippen molar-refractivity contribution in [1.82, 2.24) is 4.57 Å². The van der Waals surface area contributed by atoms with Crippen LogP contribution < -0.4 is 4.90 Å². The molecule has 258 valence electrons. The lowest BCUT2D eigenvalue weighted by atomic mass is 9.97. The van der Waals surface area contributed by atoms with Crippen molar-refractivity contribution < 1.29 is 4.42 Å². The predicted octanol–water partition coefficient (Wildman–Crippen LogP) is 14.6. The largest absolute Gasteiger partial charge is 0.456 e. The van der Waals surface area contributed by atoms with Crippen LogP contribution in [0.1, 0.15) is 0 Å². The van der Waals surface area contributed by atoms with Gasteiger partial charge in [0.25, 0.3) is 0 Å². The van der Waals surface area contributed by atoms with E-state index in [1.807, 2.05) is 12.1 Å². The Labute approximate surface area is 318 Å². The van der Waals surface area contributed by atoms with Gasteiger partial charge in [0.2, 0.25) is 0 Å². The number of fused-ring (bicyclic) bond motifs is 7. The lowest BCUT2D eigenvalue weighted by molar-refractivity contribution is 0.669. The Bertz CT molecular complexity index is 3160. The van der Waals surface area contributed by atoms with Crippen LogP contribution in [-0.2, 0) is 0 Å². The highest BCUT2D eigenvalue weighted by molar-refractivity contribution is 6.09. The summed E-state index contributed by atoms with van der Waals surface area (Å²) < 4.78 is 8.77. The van der Waals surface area contributed by atoms with Crippen LogP contribution in [0.4, 0.5) is 17.1 Å². The Morgan fingerprint density at radius 2 is 0.964 bits per heavy atom. The van der Waals surface area contributed by atoms with Crippen molar-refractivity contribution in [3.63, 3.8) is 0 Å². The quantitative estimate of drug-likeness (QED) is 0.172. The van der Waals surface area contributed by atoms with Crippen LogP contribution >= 0.6 is 0 Å². The summed E-state index contributed by atoms with van der Waals surface area (Å²) in [7, 11) is 0. The Morgan fingerprint density at radius 1 is 0.364 bits per heavy atom. The molecule has 0 spiro atoms. The summed E-state index contributed by atoms with van der Waals surface area (Å²) in [5.41, 5.74) is 13.1. The standard InChI is InChI=1S/C52H34N2O/c1-2-17-41-35(13-1)14-11-22-42(41)36-27-30-38(31-28-36)53(39-15-12-16-40(34-39)54-49-24-8-4-19-44(49)45-20-5-9-25-50(45)54)48-23-7-3-18-43(48)37-29-32-47-46-21-6-10-26-51(46)55-52(47)33-37/h1-34H. The van der Waals surface area contributed by atoms with Gasteiger partial charge in [0.15, 0.2) is 0 Å². The van der Waals surface area contributed by atoms with Gasteiger partial charge in [-0.1, -0.05) is 140 Å². The Kier molecular flexibility index (Phi) is 7.17. The van der Waals surface area contributed by atoms with Crippen LogP contribution in [-0.4, -0.2) is 4.57 Å². The molecule has 3 heteroatoms. The van der Waals surface area contributed by atoms with Crippen LogP contribution in [0.2, 0.25) is 0 Å². The molecule has 11 rings (SSSR count). The summed E-state index contributed by atoms with van der Waals surface area (Å²) in [6, 6.07) is 74.0. The van der Waals surface area contributed by atoms with Gasteiger partial charge in [0.1, 0.15) is 11.2 Å². The average molecular weight is 703 g/mol. The first-order valence-corrected chi connectivity index (χ1v) is 18.8. The Morgan fingerprint density at radius 3 is 1.78 bits per heavy atom. The molecule has 2 aromatic heterocycles. The van der Waals surface area contributed by atoms with Crippen molar-refractivity contribution in [3.05, 3.63) is 206 Å². The number of rotatable bonds is 6. The van der Waals surface area contributed by atoms with Crippen molar-refractivity contribution in [2.24, 2.45) is 0 Å². The topological polar surface area (TPSA) is 21.3 Å². The third-order valence-electron chi connectivity index (χ3n) is 11.0. The second-order valence-electron chi connectivity index (χ2n) is 14.1. The summed E-state index contributed by atoms with van der Waals surface area (Å²) >= 11 is 0. The lowest BCUT2D eigenvalue weighted by Gasteiger charge is -2.28. The van der Waals surface area contributed by atoms with Crippen LogP contribution in [0, 0.1) is 0 Å². The van der Waals surface area contributed by atoms with E-state index in [1.54, 1.807) is 0 Å². The first-order valence-electron chi connectivity index (χ1n) is 18.8. The minimum Gasteiger partial charge on any atom is -0.456 e. The normalized spacial score (nSPS) is 11.6. The maximum atomic E-state index is 6.38. The molecule has 0 aliphatic carbocycles. The minimum absolute atomic E-state index is 0.882. The number of anilines is 3. The van der Waals surface area contributed by atoms with Gasteiger partial charge in [-0.25, -0.2) is 0 Å². The number of benzene rings is 9. The molecule has 0 atom stereocenters.